The van der Waals surface area contributed by atoms with Crippen LogP contribution in [0.15, 0.2) is 34.7 Å². The highest BCUT2D eigenvalue weighted by molar-refractivity contribution is 7.09. The summed E-state index contributed by atoms with van der Waals surface area (Å²) in [5.41, 5.74) is 2.78. The molecule has 108 valence electrons. The van der Waals surface area contributed by atoms with E-state index in [1.54, 1.807) is 0 Å². The lowest BCUT2D eigenvalue weighted by Crippen LogP contribution is -2.27. The van der Waals surface area contributed by atoms with Crippen molar-refractivity contribution in [1.82, 2.24) is 4.90 Å². The van der Waals surface area contributed by atoms with Crippen LogP contribution in [0.1, 0.15) is 13.8 Å². The molecule has 1 heterocycles. The molecule has 0 aromatic heterocycles. The summed E-state index contributed by atoms with van der Waals surface area (Å²) in [5, 5.41) is 8.90. The molecule has 20 heavy (non-hydrogen) atoms. The summed E-state index contributed by atoms with van der Waals surface area (Å²) in [6.45, 7) is 6.30. The standard InChI is InChI=1S/C14H19N2O3P/c1-11-7-13(14(9-15)10-17)8-12(2)16(11)3-4-18-5-6-19-20/h7-8,10H,3-6,20H2,1-2H3. The molecular weight excluding hydrogens is 275 g/mol. The maximum Gasteiger partial charge on any atom is 0.161 e. The molecule has 0 saturated carbocycles. The summed E-state index contributed by atoms with van der Waals surface area (Å²) in [5.74, 6) is 0. The van der Waals surface area contributed by atoms with Gasteiger partial charge in [-0.05, 0) is 31.6 Å². The summed E-state index contributed by atoms with van der Waals surface area (Å²) in [7, 11) is 2.18. The largest absolute Gasteiger partial charge is 0.377 e. The second-order valence-electron chi connectivity index (χ2n) is 4.30. The van der Waals surface area contributed by atoms with E-state index in [-0.39, 0.29) is 5.57 Å². The van der Waals surface area contributed by atoms with E-state index < -0.39 is 0 Å². The molecule has 0 bridgehead atoms. The number of aldehydes is 1. The molecule has 0 N–H and O–H groups in total. The number of carbonyl (C=O) groups excluding carboxylic acids is 1. The van der Waals surface area contributed by atoms with E-state index in [1.165, 1.54) is 0 Å². The summed E-state index contributed by atoms with van der Waals surface area (Å²) >= 11 is 0. The first-order valence-electron chi connectivity index (χ1n) is 6.27. The van der Waals surface area contributed by atoms with Crippen molar-refractivity contribution in [1.29, 1.82) is 5.26 Å². The molecule has 0 amide bonds. The van der Waals surface area contributed by atoms with Gasteiger partial charge in [0.15, 0.2) is 6.29 Å². The Morgan fingerprint density at radius 1 is 1.35 bits per heavy atom. The molecule has 0 aliphatic carbocycles. The predicted molar refractivity (Wildman–Crippen MR) is 79.4 cm³/mol. The number of nitrogens with zero attached hydrogens (tertiary/aromatic N) is 2. The Morgan fingerprint density at radius 3 is 2.50 bits per heavy atom. The molecule has 5 nitrogen and oxygen atoms in total. The van der Waals surface area contributed by atoms with E-state index in [1.807, 2.05) is 32.1 Å². The van der Waals surface area contributed by atoms with E-state index >= 15 is 0 Å². The van der Waals surface area contributed by atoms with Gasteiger partial charge in [-0.15, -0.1) is 0 Å². The van der Waals surface area contributed by atoms with Gasteiger partial charge in [0.05, 0.1) is 25.4 Å². The van der Waals surface area contributed by atoms with Crippen molar-refractivity contribution in [2.75, 3.05) is 26.4 Å². The Hall–Kier alpha value is -1.47. The first kappa shape index (κ1) is 16.6. The smallest absolute Gasteiger partial charge is 0.161 e. The quantitative estimate of drug-likeness (QED) is 0.236. The van der Waals surface area contributed by atoms with Gasteiger partial charge in [0.25, 0.3) is 0 Å². The third-order valence-corrected chi connectivity index (χ3v) is 3.17. The maximum atomic E-state index is 10.8. The number of rotatable bonds is 7. The fraction of sp³-hybridized carbons (Fsp3) is 0.429. The van der Waals surface area contributed by atoms with Crippen molar-refractivity contribution < 1.29 is 14.1 Å². The average molecular weight is 294 g/mol. The highest BCUT2D eigenvalue weighted by Gasteiger charge is 2.15. The summed E-state index contributed by atoms with van der Waals surface area (Å²) in [6.07, 6.45) is 4.27. The molecule has 1 aliphatic rings. The summed E-state index contributed by atoms with van der Waals surface area (Å²) in [6, 6.07) is 1.91. The van der Waals surface area contributed by atoms with Crippen LogP contribution >= 0.6 is 9.47 Å². The van der Waals surface area contributed by atoms with Crippen LogP contribution < -0.4 is 0 Å². The fourth-order valence-electron chi connectivity index (χ4n) is 1.96. The average Bonchev–Trinajstić information content (AvgIpc) is 2.42. The molecule has 0 saturated heterocycles. The Bertz CT molecular complexity index is 467. The second-order valence-corrected chi connectivity index (χ2v) is 4.64. The Morgan fingerprint density at radius 2 is 2.00 bits per heavy atom. The number of nitriles is 1. The summed E-state index contributed by atoms with van der Waals surface area (Å²) < 4.78 is 10.3. The molecule has 1 rings (SSSR count). The Kier molecular flexibility index (Phi) is 7.17. The Labute approximate surface area is 121 Å². The van der Waals surface area contributed by atoms with Crippen LogP contribution in [0.25, 0.3) is 0 Å². The lowest BCUT2D eigenvalue weighted by Gasteiger charge is -2.29. The van der Waals surface area contributed by atoms with Gasteiger partial charge in [0, 0.05) is 27.4 Å². The van der Waals surface area contributed by atoms with Crippen LogP contribution in [0, 0.1) is 11.3 Å². The normalized spacial score (nSPS) is 14.5. The third-order valence-electron chi connectivity index (χ3n) is 2.93. The number of hydrogen-bond donors (Lipinski definition) is 0. The van der Waals surface area contributed by atoms with Gasteiger partial charge in [0.1, 0.15) is 6.07 Å². The molecule has 1 unspecified atom stereocenters. The van der Waals surface area contributed by atoms with Gasteiger partial charge in [-0.3, -0.25) is 4.79 Å². The highest BCUT2D eigenvalue weighted by atomic mass is 31.0. The zero-order chi connectivity index (χ0) is 15.0. The van der Waals surface area contributed by atoms with Crippen LogP contribution in [0.4, 0.5) is 0 Å². The molecule has 0 radical (unpaired) electrons. The number of hydrogen-bond acceptors (Lipinski definition) is 5. The van der Waals surface area contributed by atoms with Gasteiger partial charge in [0.2, 0.25) is 0 Å². The van der Waals surface area contributed by atoms with Gasteiger partial charge < -0.3 is 14.2 Å². The van der Waals surface area contributed by atoms with Crippen LogP contribution in [0.3, 0.4) is 0 Å². The molecule has 0 aromatic carbocycles. The van der Waals surface area contributed by atoms with Gasteiger partial charge in [-0.2, -0.15) is 5.26 Å². The zero-order valence-corrected chi connectivity index (χ0v) is 12.9. The second kappa shape index (κ2) is 8.65. The number of ether oxygens (including phenoxy) is 1. The highest BCUT2D eigenvalue weighted by Crippen LogP contribution is 2.23. The maximum absolute atomic E-state index is 10.8. The zero-order valence-electron chi connectivity index (χ0n) is 11.8. The van der Waals surface area contributed by atoms with Crippen LogP contribution in [0.2, 0.25) is 0 Å². The van der Waals surface area contributed by atoms with E-state index in [4.69, 9.17) is 14.5 Å². The van der Waals surface area contributed by atoms with E-state index in [9.17, 15) is 4.79 Å². The van der Waals surface area contributed by atoms with Crippen LogP contribution in [-0.4, -0.2) is 37.6 Å². The fourth-order valence-corrected chi connectivity index (χ4v) is 2.05. The molecule has 0 aromatic rings. The minimum atomic E-state index is 0.150. The molecule has 6 heteroatoms. The third kappa shape index (κ3) is 4.57. The minimum absolute atomic E-state index is 0.150. The van der Waals surface area contributed by atoms with Crippen molar-refractivity contribution in [2.45, 2.75) is 13.8 Å². The molecular formula is C14H19N2O3P. The molecule has 0 spiro atoms. The van der Waals surface area contributed by atoms with Crippen LogP contribution in [0.5, 0.6) is 0 Å². The molecule has 1 atom stereocenters. The first-order chi connectivity index (χ1) is 9.63. The summed E-state index contributed by atoms with van der Waals surface area (Å²) in [4.78, 5) is 12.9. The monoisotopic (exact) mass is 294 g/mol. The van der Waals surface area contributed by atoms with Gasteiger partial charge in [-0.25, -0.2) is 0 Å². The van der Waals surface area contributed by atoms with Gasteiger partial charge in [-0.1, -0.05) is 0 Å². The van der Waals surface area contributed by atoms with E-state index in [0.717, 1.165) is 17.9 Å². The SMILES string of the molecule is CC1=CC(=C(C#N)C=O)C=C(C)N1CCOCCOP. The molecule has 0 fully saturated rings. The lowest BCUT2D eigenvalue weighted by molar-refractivity contribution is -0.104. The van der Waals surface area contributed by atoms with Crippen LogP contribution in [-0.2, 0) is 14.1 Å². The number of allylic oxidation sites excluding steroid dienone is 6. The van der Waals surface area contributed by atoms with Crippen molar-refractivity contribution in [3.63, 3.8) is 0 Å². The predicted octanol–water partition coefficient (Wildman–Crippen LogP) is 1.95. The van der Waals surface area contributed by atoms with E-state index in [2.05, 4.69) is 14.4 Å². The first-order valence-corrected chi connectivity index (χ1v) is 6.74. The topological polar surface area (TPSA) is 62.6 Å². The minimum Gasteiger partial charge on any atom is -0.377 e. The number of carbonyl (C=O) groups is 1. The van der Waals surface area contributed by atoms with Crippen molar-refractivity contribution in [3.8, 4) is 6.07 Å². The van der Waals surface area contributed by atoms with Gasteiger partial charge >= 0.3 is 0 Å². The van der Waals surface area contributed by atoms with Crippen molar-refractivity contribution in [3.05, 3.63) is 34.7 Å². The molecule has 1 aliphatic heterocycles. The van der Waals surface area contributed by atoms with Crippen molar-refractivity contribution in [2.24, 2.45) is 0 Å². The van der Waals surface area contributed by atoms with E-state index in [0.29, 0.717) is 31.7 Å². The Balaban J connectivity index is 2.68. The lowest BCUT2D eigenvalue weighted by atomic mass is 10.0. The van der Waals surface area contributed by atoms with Crippen molar-refractivity contribution >= 4 is 15.8 Å².